The molecule has 0 fully saturated rings. The second-order valence-electron chi connectivity index (χ2n) is 5.55. The van der Waals surface area contributed by atoms with Gasteiger partial charge in [-0.05, 0) is 31.6 Å². The number of thiophene rings is 1. The normalized spacial score (nSPS) is 11.6. The molecule has 1 aromatic rings. The lowest BCUT2D eigenvalue weighted by atomic mass is 9.93. The van der Waals surface area contributed by atoms with Crippen LogP contribution in [-0.4, -0.2) is 49.1 Å². The van der Waals surface area contributed by atoms with Gasteiger partial charge >= 0.3 is 5.97 Å². The number of nitrogens with zero attached hydrogens (tertiary/aromatic N) is 1. The van der Waals surface area contributed by atoms with E-state index in [2.05, 4.69) is 24.1 Å². The summed E-state index contributed by atoms with van der Waals surface area (Å²) in [5.41, 5.74) is -0.0357. The van der Waals surface area contributed by atoms with Gasteiger partial charge in [0.15, 0.2) is 0 Å². The summed E-state index contributed by atoms with van der Waals surface area (Å²) in [6.07, 6.45) is 0. The summed E-state index contributed by atoms with van der Waals surface area (Å²) >= 11 is 0.992. The van der Waals surface area contributed by atoms with Crippen molar-refractivity contribution < 1.29 is 14.7 Å². The number of hydrogen-bond acceptors (Lipinski definition) is 4. The molecule has 19 heavy (non-hydrogen) atoms. The zero-order chi connectivity index (χ0) is 14.6. The predicted octanol–water partition coefficient (Wildman–Crippen LogP) is 1.76. The fraction of sp³-hybridized carbons (Fsp3) is 0.538. The Bertz CT molecular complexity index is 466. The number of carboxylic acid groups (broad SMARTS) is 1. The van der Waals surface area contributed by atoms with Crippen LogP contribution < -0.4 is 5.32 Å². The van der Waals surface area contributed by atoms with Gasteiger partial charge in [-0.25, -0.2) is 4.79 Å². The molecule has 0 bridgehead atoms. The summed E-state index contributed by atoms with van der Waals surface area (Å²) < 4.78 is 0. The maximum Gasteiger partial charge on any atom is 0.345 e. The van der Waals surface area contributed by atoms with Crippen molar-refractivity contribution >= 4 is 23.2 Å². The maximum atomic E-state index is 11.9. The Balaban J connectivity index is 2.57. The minimum atomic E-state index is -1.00. The number of aromatic carboxylic acids is 1. The zero-order valence-corrected chi connectivity index (χ0v) is 12.5. The average molecular weight is 284 g/mol. The molecule has 0 aliphatic heterocycles. The first-order chi connectivity index (χ1) is 8.71. The highest BCUT2D eigenvalue weighted by Gasteiger charge is 2.21. The second-order valence-corrected chi connectivity index (χ2v) is 6.64. The first-order valence-corrected chi connectivity index (χ1v) is 6.79. The molecule has 1 rings (SSSR count). The molecule has 0 radical (unpaired) electrons. The van der Waals surface area contributed by atoms with E-state index in [1.54, 1.807) is 6.07 Å². The van der Waals surface area contributed by atoms with Gasteiger partial charge in [-0.3, -0.25) is 4.79 Å². The lowest BCUT2D eigenvalue weighted by Gasteiger charge is -2.28. The largest absolute Gasteiger partial charge is 0.477 e. The first-order valence-electron chi connectivity index (χ1n) is 5.97. The summed E-state index contributed by atoms with van der Waals surface area (Å²) in [5, 5.41) is 11.7. The molecular weight excluding hydrogens is 264 g/mol. The Morgan fingerprint density at radius 3 is 2.37 bits per heavy atom. The summed E-state index contributed by atoms with van der Waals surface area (Å²) in [5.74, 6) is -1.22. The van der Waals surface area contributed by atoms with Crippen LogP contribution in [0.1, 0.15) is 33.2 Å². The van der Waals surface area contributed by atoms with Gasteiger partial charge in [-0.15, -0.1) is 11.3 Å². The van der Waals surface area contributed by atoms with Crippen molar-refractivity contribution in [3.63, 3.8) is 0 Å². The standard InChI is InChI=1S/C13H20N2O3S/c1-13(2,8-15(3)4)7-14-11(16)9-5-6-10(19-9)12(17)18/h5-6H,7-8H2,1-4H3,(H,14,16)(H,17,18). The number of carbonyl (C=O) groups excluding carboxylic acids is 1. The highest BCUT2D eigenvalue weighted by atomic mass is 32.1. The first kappa shape index (κ1) is 15.7. The van der Waals surface area contributed by atoms with Crippen molar-refractivity contribution in [1.29, 1.82) is 0 Å². The van der Waals surface area contributed by atoms with Crippen LogP contribution in [0.5, 0.6) is 0 Å². The molecule has 1 amide bonds. The van der Waals surface area contributed by atoms with Gasteiger partial charge in [-0.1, -0.05) is 13.8 Å². The van der Waals surface area contributed by atoms with Gasteiger partial charge < -0.3 is 15.3 Å². The zero-order valence-electron chi connectivity index (χ0n) is 11.7. The molecule has 0 aliphatic rings. The molecule has 0 atom stereocenters. The van der Waals surface area contributed by atoms with Gasteiger partial charge in [0.2, 0.25) is 0 Å². The Morgan fingerprint density at radius 1 is 1.32 bits per heavy atom. The Morgan fingerprint density at radius 2 is 1.89 bits per heavy atom. The van der Waals surface area contributed by atoms with E-state index in [4.69, 9.17) is 5.11 Å². The van der Waals surface area contributed by atoms with Crippen molar-refractivity contribution in [1.82, 2.24) is 10.2 Å². The summed E-state index contributed by atoms with van der Waals surface area (Å²) in [6.45, 7) is 5.55. The average Bonchev–Trinajstić information content (AvgIpc) is 2.73. The number of hydrogen-bond donors (Lipinski definition) is 2. The highest BCUT2D eigenvalue weighted by molar-refractivity contribution is 7.15. The third-order valence-electron chi connectivity index (χ3n) is 2.51. The van der Waals surface area contributed by atoms with Crippen LogP contribution >= 0.6 is 11.3 Å². The molecule has 0 spiro atoms. The molecule has 0 saturated carbocycles. The summed E-state index contributed by atoms with van der Waals surface area (Å²) in [4.78, 5) is 25.3. The van der Waals surface area contributed by atoms with Crippen LogP contribution in [0.15, 0.2) is 12.1 Å². The molecule has 106 valence electrons. The maximum absolute atomic E-state index is 11.9. The van der Waals surface area contributed by atoms with Gasteiger partial charge in [0.05, 0.1) is 4.88 Å². The second kappa shape index (κ2) is 6.16. The quantitative estimate of drug-likeness (QED) is 0.835. The molecule has 2 N–H and O–H groups in total. The Hall–Kier alpha value is -1.40. The molecule has 0 aliphatic carbocycles. The molecule has 1 aromatic heterocycles. The minimum absolute atomic E-state index is 0.0357. The van der Waals surface area contributed by atoms with Crippen LogP contribution in [-0.2, 0) is 0 Å². The molecule has 0 saturated heterocycles. The van der Waals surface area contributed by atoms with E-state index in [1.165, 1.54) is 6.07 Å². The number of carbonyl (C=O) groups is 2. The summed E-state index contributed by atoms with van der Waals surface area (Å²) in [6, 6.07) is 3.00. The fourth-order valence-electron chi connectivity index (χ4n) is 1.89. The van der Waals surface area contributed by atoms with Crippen molar-refractivity contribution in [3.05, 3.63) is 21.9 Å². The van der Waals surface area contributed by atoms with Crippen molar-refractivity contribution in [2.45, 2.75) is 13.8 Å². The van der Waals surface area contributed by atoms with E-state index in [0.717, 1.165) is 17.9 Å². The minimum Gasteiger partial charge on any atom is -0.477 e. The van der Waals surface area contributed by atoms with Crippen LogP contribution in [0.4, 0.5) is 0 Å². The van der Waals surface area contributed by atoms with Gasteiger partial charge in [0.1, 0.15) is 4.88 Å². The van der Waals surface area contributed by atoms with Crippen molar-refractivity contribution in [2.75, 3.05) is 27.2 Å². The van der Waals surface area contributed by atoms with Crippen molar-refractivity contribution in [2.24, 2.45) is 5.41 Å². The SMILES string of the molecule is CN(C)CC(C)(C)CNC(=O)c1ccc(C(=O)O)s1. The van der Waals surface area contributed by atoms with Crippen LogP contribution in [0.3, 0.4) is 0 Å². The molecule has 0 unspecified atom stereocenters. The summed E-state index contributed by atoms with van der Waals surface area (Å²) in [7, 11) is 3.98. The smallest absolute Gasteiger partial charge is 0.345 e. The Labute approximate surface area is 117 Å². The monoisotopic (exact) mass is 284 g/mol. The molecule has 0 aromatic carbocycles. The van der Waals surface area contributed by atoms with Crippen LogP contribution in [0, 0.1) is 5.41 Å². The number of nitrogens with one attached hydrogen (secondary N) is 1. The van der Waals surface area contributed by atoms with E-state index < -0.39 is 5.97 Å². The van der Waals surface area contributed by atoms with Crippen LogP contribution in [0.2, 0.25) is 0 Å². The van der Waals surface area contributed by atoms with Gasteiger partial charge in [-0.2, -0.15) is 0 Å². The third kappa shape index (κ3) is 5.00. The van der Waals surface area contributed by atoms with Gasteiger partial charge in [0.25, 0.3) is 5.91 Å². The molecule has 6 heteroatoms. The highest BCUT2D eigenvalue weighted by Crippen LogP contribution is 2.18. The molecule has 5 nitrogen and oxygen atoms in total. The number of carboxylic acids is 1. The number of rotatable bonds is 6. The predicted molar refractivity (Wildman–Crippen MR) is 75.9 cm³/mol. The van der Waals surface area contributed by atoms with Crippen LogP contribution in [0.25, 0.3) is 0 Å². The molecule has 1 heterocycles. The number of amides is 1. The third-order valence-corrected chi connectivity index (χ3v) is 3.58. The lowest BCUT2D eigenvalue weighted by molar-refractivity contribution is 0.0702. The molecular formula is C13H20N2O3S. The van der Waals surface area contributed by atoms with Crippen molar-refractivity contribution in [3.8, 4) is 0 Å². The Kier molecular flexibility index (Phi) is 5.08. The van der Waals surface area contributed by atoms with E-state index in [1.807, 2.05) is 14.1 Å². The topological polar surface area (TPSA) is 69.6 Å². The van der Waals surface area contributed by atoms with Gasteiger partial charge in [0, 0.05) is 13.1 Å². The van der Waals surface area contributed by atoms with E-state index in [9.17, 15) is 9.59 Å². The lowest BCUT2D eigenvalue weighted by Crippen LogP contribution is -2.39. The van der Waals surface area contributed by atoms with E-state index in [-0.39, 0.29) is 16.2 Å². The van der Waals surface area contributed by atoms with E-state index in [0.29, 0.717) is 11.4 Å². The van der Waals surface area contributed by atoms with E-state index >= 15 is 0 Å². The fourth-order valence-corrected chi connectivity index (χ4v) is 2.65.